The van der Waals surface area contributed by atoms with E-state index in [1.54, 1.807) is 4.52 Å². The lowest BCUT2D eigenvalue weighted by Crippen LogP contribution is -2.29. The minimum atomic E-state index is 0.233. The van der Waals surface area contributed by atoms with Gasteiger partial charge in [0.05, 0.1) is 5.69 Å². The van der Waals surface area contributed by atoms with E-state index in [9.17, 15) is 4.79 Å². The first-order valence-electron chi connectivity index (χ1n) is 11.6. The monoisotopic (exact) mass is 443 g/mol. The molecule has 0 N–H and O–H groups in total. The summed E-state index contributed by atoms with van der Waals surface area (Å²) >= 11 is 0. The van der Waals surface area contributed by atoms with E-state index >= 15 is 0 Å². The van der Waals surface area contributed by atoms with E-state index in [-0.39, 0.29) is 5.91 Å². The first kappa shape index (κ1) is 21.3. The molecule has 0 saturated carbocycles. The molecule has 33 heavy (non-hydrogen) atoms. The first-order valence-corrected chi connectivity index (χ1v) is 11.6. The van der Waals surface area contributed by atoms with Crippen LogP contribution in [0.3, 0.4) is 0 Å². The zero-order valence-corrected chi connectivity index (χ0v) is 19.4. The van der Waals surface area contributed by atoms with Crippen molar-refractivity contribution in [2.75, 3.05) is 13.1 Å². The van der Waals surface area contributed by atoms with E-state index in [2.05, 4.69) is 39.6 Å². The molecule has 0 radical (unpaired) electrons. The van der Waals surface area contributed by atoms with Gasteiger partial charge in [-0.25, -0.2) is 4.68 Å². The number of aromatic nitrogens is 6. The van der Waals surface area contributed by atoms with Crippen molar-refractivity contribution < 1.29 is 4.79 Å². The molecule has 5 rings (SSSR count). The summed E-state index contributed by atoms with van der Waals surface area (Å²) in [6.45, 7) is 7.62. The van der Waals surface area contributed by atoms with Crippen LogP contribution in [0.15, 0.2) is 42.5 Å². The van der Waals surface area contributed by atoms with Crippen LogP contribution in [0.5, 0.6) is 0 Å². The average molecular weight is 444 g/mol. The highest BCUT2D eigenvalue weighted by molar-refractivity contribution is 5.76. The Morgan fingerprint density at radius 2 is 1.85 bits per heavy atom. The van der Waals surface area contributed by atoms with Crippen molar-refractivity contribution in [3.05, 3.63) is 70.8 Å². The van der Waals surface area contributed by atoms with Crippen molar-refractivity contribution in [2.24, 2.45) is 5.92 Å². The van der Waals surface area contributed by atoms with Crippen molar-refractivity contribution in [3.63, 3.8) is 0 Å². The van der Waals surface area contributed by atoms with Crippen LogP contribution in [-0.4, -0.2) is 53.5 Å². The maximum atomic E-state index is 12.9. The smallest absolute Gasteiger partial charge is 0.222 e. The van der Waals surface area contributed by atoms with Crippen LogP contribution in [0.4, 0.5) is 0 Å². The van der Waals surface area contributed by atoms with E-state index < -0.39 is 0 Å². The second kappa shape index (κ2) is 8.77. The van der Waals surface area contributed by atoms with Gasteiger partial charge < -0.3 is 4.90 Å². The van der Waals surface area contributed by atoms with Crippen LogP contribution in [0, 0.1) is 26.7 Å². The zero-order valence-electron chi connectivity index (χ0n) is 19.4. The molecule has 0 aliphatic carbocycles. The number of amides is 1. The Morgan fingerprint density at radius 1 is 1.03 bits per heavy atom. The highest BCUT2D eigenvalue weighted by atomic mass is 16.2. The summed E-state index contributed by atoms with van der Waals surface area (Å²) in [5.74, 6) is 2.23. The van der Waals surface area contributed by atoms with Crippen LogP contribution in [0.25, 0.3) is 11.5 Å². The van der Waals surface area contributed by atoms with Gasteiger partial charge in [0.25, 0.3) is 0 Å². The molecular formula is C25H29N7O. The van der Waals surface area contributed by atoms with Crippen molar-refractivity contribution in [3.8, 4) is 5.82 Å². The van der Waals surface area contributed by atoms with Gasteiger partial charge in [0.15, 0.2) is 17.3 Å². The quantitative estimate of drug-likeness (QED) is 0.457. The molecule has 1 aromatic carbocycles. The van der Waals surface area contributed by atoms with E-state index in [1.165, 1.54) is 5.56 Å². The van der Waals surface area contributed by atoms with Gasteiger partial charge in [0.2, 0.25) is 5.91 Å². The number of hydrogen-bond acceptors (Lipinski definition) is 5. The molecule has 0 unspecified atom stereocenters. The SMILES string of the molecule is Cc1nn(-c2ccc3nnc(C)n3n2)c(C)c1CCC(=O)N1CC[C@H](Cc2ccccc2)C1. The maximum absolute atomic E-state index is 12.9. The Morgan fingerprint density at radius 3 is 2.67 bits per heavy atom. The Bertz CT molecular complexity index is 1290. The van der Waals surface area contributed by atoms with Gasteiger partial charge in [0.1, 0.15) is 0 Å². The number of aryl methyl sites for hydroxylation is 2. The molecule has 0 spiro atoms. The van der Waals surface area contributed by atoms with Crippen molar-refractivity contribution in [2.45, 2.75) is 46.5 Å². The van der Waals surface area contributed by atoms with Gasteiger partial charge in [0, 0.05) is 25.2 Å². The number of hydrogen-bond donors (Lipinski definition) is 0. The molecule has 8 nitrogen and oxygen atoms in total. The highest BCUT2D eigenvalue weighted by Gasteiger charge is 2.26. The lowest BCUT2D eigenvalue weighted by molar-refractivity contribution is -0.130. The van der Waals surface area contributed by atoms with Crippen LogP contribution < -0.4 is 0 Å². The summed E-state index contributed by atoms with van der Waals surface area (Å²) in [4.78, 5) is 15.0. The molecule has 1 atom stereocenters. The summed E-state index contributed by atoms with van der Waals surface area (Å²) in [5, 5.41) is 17.5. The van der Waals surface area contributed by atoms with Gasteiger partial charge in [-0.05, 0) is 69.2 Å². The number of rotatable bonds is 6. The second-order valence-corrected chi connectivity index (χ2v) is 8.95. The summed E-state index contributed by atoms with van der Waals surface area (Å²) in [6.07, 6.45) is 3.30. The Hall–Kier alpha value is -3.55. The predicted octanol–water partition coefficient (Wildman–Crippen LogP) is 3.26. The predicted molar refractivity (Wildman–Crippen MR) is 125 cm³/mol. The largest absolute Gasteiger partial charge is 0.342 e. The summed E-state index contributed by atoms with van der Waals surface area (Å²) in [7, 11) is 0. The zero-order chi connectivity index (χ0) is 22.9. The van der Waals surface area contributed by atoms with Gasteiger partial charge in [-0.15, -0.1) is 15.3 Å². The molecular weight excluding hydrogens is 414 g/mol. The molecule has 170 valence electrons. The average Bonchev–Trinajstić information content (AvgIpc) is 3.51. The summed E-state index contributed by atoms with van der Waals surface area (Å²) < 4.78 is 3.56. The molecule has 0 bridgehead atoms. The Labute approximate surface area is 193 Å². The molecule has 1 fully saturated rings. The normalized spacial score (nSPS) is 16.1. The van der Waals surface area contributed by atoms with E-state index in [0.29, 0.717) is 30.2 Å². The number of carbonyl (C=O) groups is 1. The molecule has 1 saturated heterocycles. The standard InChI is InChI=1S/C25H29N7O/c1-17-22(18(2)31(28-17)24-11-10-23-27-26-19(3)32(23)29-24)9-12-25(33)30-14-13-21(16-30)15-20-7-5-4-6-8-20/h4-8,10-11,21H,9,12-16H2,1-3H3/t21-/m1/s1. The first-order chi connectivity index (χ1) is 16.0. The number of carbonyl (C=O) groups excluding carboxylic acids is 1. The Kier molecular flexibility index (Phi) is 5.66. The molecule has 4 heterocycles. The van der Waals surface area contributed by atoms with Crippen molar-refractivity contribution in [1.29, 1.82) is 0 Å². The van der Waals surface area contributed by atoms with E-state index in [0.717, 1.165) is 48.7 Å². The molecule has 8 heteroatoms. The molecule has 1 aliphatic rings. The lowest BCUT2D eigenvalue weighted by atomic mass is 9.99. The molecule has 3 aromatic heterocycles. The third kappa shape index (κ3) is 4.25. The maximum Gasteiger partial charge on any atom is 0.222 e. The molecule has 4 aromatic rings. The third-order valence-electron chi connectivity index (χ3n) is 6.66. The minimum absolute atomic E-state index is 0.233. The van der Waals surface area contributed by atoms with Crippen molar-refractivity contribution in [1.82, 2.24) is 34.5 Å². The number of nitrogens with zero attached hydrogens (tertiary/aromatic N) is 7. The van der Waals surface area contributed by atoms with Gasteiger partial charge in [-0.3, -0.25) is 4.79 Å². The number of benzene rings is 1. The fourth-order valence-corrected chi connectivity index (χ4v) is 4.82. The van der Waals surface area contributed by atoms with E-state index in [1.807, 2.05) is 48.6 Å². The fraction of sp³-hybridized carbons (Fsp3) is 0.400. The van der Waals surface area contributed by atoms with Crippen LogP contribution >= 0.6 is 0 Å². The van der Waals surface area contributed by atoms with Gasteiger partial charge in [-0.2, -0.15) is 9.61 Å². The number of likely N-dealkylation sites (tertiary alicyclic amines) is 1. The molecule has 1 amide bonds. The van der Waals surface area contributed by atoms with Crippen LogP contribution in [-0.2, 0) is 17.6 Å². The Balaban J connectivity index is 1.24. The highest BCUT2D eigenvalue weighted by Crippen LogP contribution is 2.23. The second-order valence-electron chi connectivity index (χ2n) is 8.95. The van der Waals surface area contributed by atoms with Crippen molar-refractivity contribution >= 4 is 11.6 Å². The summed E-state index contributed by atoms with van der Waals surface area (Å²) in [6, 6.07) is 14.3. The third-order valence-corrected chi connectivity index (χ3v) is 6.66. The van der Waals surface area contributed by atoms with Gasteiger partial charge in [-0.1, -0.05) is 30.3 Å². The summed E-state index contributed by atoms with van der Waals surface area (Å²) in [5.41, 5.74) is 5.13. The van der Waals surface area contributed by atoms with E-state index in [4.69, 9.17) is 5.10 Å². The lowest BCUT2D eigenvalue weighted by Gasteiger charge is -2.17. The van der Waals surface area contributed by atoms with Gasteiger partial charge >= 0.3 is 0 Å². The molecule has 1 aliphatic heterocycles. The van der Waals surface area contributed by atoms with Crippen LogP contribution in [0.2, 0.25) is 0 Å². The fourth-order valence-electron chi connectivity index (χ4n) is 4.82. The topological polar surface area (TPSA) is 81.2 Å². The van der Waals surface area contributed by atoms with Crippen LogP contribution in [0.1, 0.15) is 41.2 Å². The number of fused-ring (bicyclic) bond motifs is 1. The minimum Gasteiger partial charge on any atom is -0.342 e.